The summed E-state index contributed by atoms with van der Waals surface area (Å²) in [6.07, 6.45) is 1.72. The summed E-state index contributed by atoms with van der Waals surface area (Å²) in [5.41, 5.74) is 2.89. The van der Waals surface area contributed by atoms with E-state index < -0.39 is 5.82 Å². The second-order valence-corrected chi connectivity index (χ2v) is 10.5. The molecule has 0 aliphatic rings. The van der Waals surface area contributed by atoms with Crippen molar-refractivity contribution in [3.8, 4) is 39.0 Å². The molecule has 10 nitrogen and oxygen atoms in total. The number of nitrogens with zero attached hydrogens (tertiary/aromatic N) is 6. The maximum Gasteiger partial charge on any atom is 0.294 e. The summed E-state index contributed by atoms with van der Waals surface area (Å²) in [4.78, 5) is 23.5. The zero-order valence-electron chi connectivity index (χ0n) is 21.1. The summed E-state index contributed by atoms with van der Waals surface area (Å²) in [7, 11) is 3.12. The number of hydrogen-bond donors (Lipinski definition) is 0. The van der Waals surface area contributed by atoms with Crippen molar-refractivity contribution in [2.75, 3.05) is 20.7 Å². The summed E-state index contributed by atoms with van der Waals surface area (Å²) < 4.78 is 33.0. The van der Waals surface area contributed by atoms with Crippen LogP contribution in [0.4, 0.5) is 4.39 Å². The number of benzene rings is 2. The van der Waals surface area contributed by atoms with Crippen LogP contribution in [0.3, 0.4) is 0 Å². The average molecular weight is 575 g/mol. The average Bonchev–Trinajstić information content (AvgIpc) is 3.74. The van der Waals surface area contributed by atoms with Crippen molar-refractivity contribution >= 4 is 44.5 Å². The number of rotatable bonds is 8. The zero-order valence-corrected chi connectivity index (χ0v) is 22.8. The first-order chi connectivity index (χ1) is 19.4. The first kappa shape index (κ1) is 25.5. The van der Waals surface area contributed by atoms with E-state index in [0.29, 0.717) is 49.6 Å². The van der Waals surface area contributed by atoms with Gasteiger partial charge in [0.2, 0.25) is 4.96 Å². The van der Waals surface area contributed by atoms with Gasteiger partial charge in [-0.3, -0.25) is 4.79 Å². The normalized spacial score (nSPS) is 11.2. The van der Waals surface area contributed by atoms with Crippen LogP contribution >= 0.6 is 22.7 Å². The number of carbonyl (C=O) groups is 1. The highest BCUT2D eigenvalue weighted by atomic mass is 32.1. The van der Waals surface area contributed by atoms with Crippen molar-refractivity contribution in [3.05, 3.63) is 71.1 Å². The molecule has 200 valence electrons. The molecular weight excluding hydrogens is 555 g/mol. The van der Waals surface area contributed by atoms with Crippen LogP contribution in [0.15, 0.2) is 58.5 Å². The molecule has 6 aromatic rings. The molecule has 1 amide bonds. The molecule has 0 bridgehead atoms. The van der Waals surface area contributed by atoms with E-state index in [1.807, 2.05) is 23.6 Å². The minimum absolute atomic E-state index is 0.0173. The highest BCUT2D eigenvalue weighted by Gasteiger charge is 2.18. The molecule has 0 saturated carbocycles. The van der Waals surface area contributed by atoms with Crippen LogP contribution in [-0.2, 0) is 6.61 Å². The molecule has 40 heavy (non-hydrogen) atoms. The van der Waals surface area contributed by atoms with Gasteiger partial charge in [0.1, 0.15) is 41.0 Å². The van der Waals surface area contributed by atoms with Crippen LogP contribution < -0.4 is 9.47 Å². The Labute approximate surface area is 234 Å². The molecule has 4 aromatic heterocycles. The van der Waals surface area contributed by atoms with Gasteiger partial charge in [-0.05, 0) is 29.5 Å². The van der Waals surface area contributed by atoms with Gasteiger partial charge in [-0.15, -0.1) is 16.4 Å². The lowest BCUT2D eigenvalue weighted by atomic mass is 10.1. The lowest BCUT2D eigenvalue weighted by Crippen LogP contribution is -2.26. The summed E-state index contributed by atoms with van der Waals surface area (Å²) in [6, 6.07) is 13.4. The minimum atomic E-state index is -0.491. The van der Waals surface area contributed by atoms with Gasteiger partial charge in [0.25, 0.3) is 11.1 Å². The molecule has 2 aromatic carbocycles. The molecule has 4 heterocycles. The number of aromatic nitrogens is 4. The van der Waals surface area contributed by atoms with Gasteiger partial charge in [0.15, 0.2) is 5.76 Å². The quantitative estimate of drug-likeness (QED) is 0.214. The van der Waals surface area contributed by atoms with Crippen molar-refractivity contribution < 1.29 is 23.1 Å². The Morgan fingerprint density at radius 2 is 2.05 bits per heavy atom. The van der Waals surface area contributed by atoms with Gasteiger partial charge in [-0.25, -0.2) is 18.9 Å². The van der Waals surface area contributed by atoms with Crippen LogP contribution in [0.1, 0.15) is 16.1 Å². The Hall–Kier alpha value is -4.80. The van der Waals surface area contributed by atoms with E-state index in [1.165, 1.54) is 39.7 Å². The van der Waals surface area contributed by atoms with E-state index in [-0.39, 0.29) is 19.1 Å². The van der Waals surface area contributed by atoms with E-state index in [1.54, 1.807) is 43.1 Å². The Bertz CT molecular complexity index is 1870. The van der Waals surface area contributed by atoms with Crippen molar-refractivity contribution in [1.29, 1.82) is 5.26 Å². The van der Waals surface area contributed by atoms with Gasteiger partial charge >= 0.3 is 0 Å². The number of halogens is 1. The first-order valence-electron chi connectivity index (χ1n) is 11.9. The number of fused-ring (bicyclic) bond motifs is 2. The highest BCUT2D eigenvalue weighted by molar-refractivity contribution is 7.18. The van der Waals surface area contributed by atoms with E-state index in [2.05, 4.69) is 15.1 Å². The summed E-state index contributed by atoms with van der Waals surface area (Å²) in [5, 5.41) is 16.8. The summed E-state index contributed by atoms with van der Waals surface area (Å²) in [6.45, 7) is 0.137. The number of furan rings is 1. The van der Waals surface area contributed by atoms with Gasteiger partial charge in [-0.1, -0.05) is 12.1 Å². The Morgan fingerprint density at radius 3 is 2.80 bits per heavy atom. The predicted molar refractivity (Wildman–Crippen MR) is 147 cm³/mol. The molecule has 0 unspecified atom stereocenters. The van der Waals surface area contributed by atoms with Crippen LogP contribution in [0, 0.1) is 17.1 Å². The Balaban J connectivity index is 1.19. The van der Waals surface area contributed by atoms with Crippen molar-refractivity contribution in [2.45, 2.75) is 6.61 Å². The summed E-state index contributed by atoms with van der Waals surface area (Å²) in [5.74, 6) is 0.0629. The van der Waals surface area contributed by atoms with Crippen molar-refractivity contribution in [2.24, 2.45) is 0 Å². The van der Waals surface area contributed by atoms with Crippen LogP contribution in [0.2, 0.25) is 0 Å². The fourth-order valence-electron chi connectivity index (χ4n) is 4.01. The second-order valence-electron chi connectivity index (χ2n) is 8.68. The van der Waals surface area contributed by atoms with Gasteiger partial charge in [0, 0.05) is 35.7 Å². The molecule has 0 N–H and O–H groups in total. The number of carbonyl (C=O) groups excluding carboxylic acids is 1. The number of nitriles is 1. The lowest BCUT2D eigenvalue weighted by molar-refractivity contribution is 0.0812. The lowest BCUT2D eigenvalue weighted by Gasteiger charge is -2.12. The third-order valence-electron chi connectivity index (χ3n) is 5.98. The number of amides is 1. The van der Waals surface area contributed by atoms with E-state index in [4.69, 9.17) is 19.2 Å². The largest absolute Gasteiger partial charge is 0.486 e. The third kappa shape index (κ3) is 4.86. The number of thiazole rings is 1. The fourth-order valence-corrected chi connectivity index (χ4v) is 5.52. The molecule has 0 atom stereocenters. The van der Waals surface area contributed by atoms with Crippen LogP contribution in [-0.4, -0.2) is 51.1 Å². The van der Waals surface area contributed by atoms with E-state index in [9.17, 15) is 9.18 Å². The van der Waals surface area contributed by atoms with Crippen molar-refractivity contribution in [1.82, 2.24) is 24.5 Å². The smallest absolute Gasteiger partial charge is 0.294 e. The van der Waals surface area contributed by atoms with Crippen LogP contribution in [0.25, 0.3) is 38.0 Å². The molecule has 0 aliphatic heterocycles. The number of hydrogen-bond acceptors (Lipinski definition) is 10. The van der Waals surface area contributed by atoms with E-state index >= 15 is 0 Å². The number of imidazole rings is 1. The standard InChI is InChI=1S/C27H19FN6O4S2/c1-33(8-7-29)25(35)16-5-3-15(4-6-16)24-30-18(14-39-24)13-37-21-9-17(28)10-22-19(21)11-23(38-22)20-12-34-26(31-20)40-27(32-34)36-2/h3-6,9-12,14H,8,13H2,1-2H3. The maximum absolute atomic E-state index is 14.4. The second kappa shape index (κ2) is 10.4. The van der Waals surface area contributed by atoms with E-state index in [0.717, 1.165) is 10.6 Å². The van der Waals surface area contributed by atoms with Gasteiger partial charge < -0.3 is 18.8 Å². The van der Waals surface area contributed by atoms with Gasteiger partial charge in [0.05, 0.1) is 30.5 Å². The molecule has 0 spiro atoms. The molecule has 0 radical (unpaired) electrons. The third-order valence-corrected chi connectivity index (χ3v) is 7.80. The molecule has 6 rings (SSSR count). The molecule has 0 aliphatic carbocycles. The number of methoxy groups -OCH3 is 1. The molecular formula is C27H19FN6O4S2. The first-order valence-corrected chi connectivity index (χ1v) is 13.5. The fraction of sp³-hybridized carbons (Fsp3) is 0.148. The Morgan fingerprint density at radius 1 is 1.23 bits per heavy atom. The number of ether oxygens (including phenoxy) is 2. The minimum Gasteiger partial charge on any atom is -0.486 e. The Kier molecular flexibility index (Phi) is 6.63. The van der Waals surface area contributed by atoms with Crippen molar-refractivity contribution in [3.63, 3.8) is 0 Å². The van der Waals surface area contributed by atoms with Crippen LogP contribution in [0.5, 0.6) is 10.9 Å². The molecule has 0 fully saturated rings. The monoisotopic (exact) mass is 574 g/mol. The summed E-state index contributed by atoms with van der Waals surface area (Å²) >= 11 is 2.73. The molecule has 0 saturated heterocycles. The highest BCUT2D eigenvalue weighted by Crippen LogP contribution is 2.35. The maximum atomic E-state index is 14.4. The molecule has 13 heteroatoms. The zero-order chi connectivity index (χ0) is 27.8. The SMILES string of the molecule is COc1nn2cc(-c3cc4c(OCc5csc(-c6ccc(C(=O)N(C)CC#N)cc6)n5)cc(F)cc4o3)nc2s1. The topological polar surface area (TPSA) is 119 Å². The van der Waals surface area contributed by atoms with Gasteiger partial charge in [-0.2, -0.15) is 5.26 Å². The predicted octanol–water partition coefficient (Wildman–Crippen LogP) is 5.65.